The van der Waals surface area contributed by atoms with E-state index in [-0.39, 0.29) is 35.2 Å². The summed E-state index contributed by atoms with van der Waals surface area (Å²) < 4.78 is 30.3. The molecule has 216 valence electrons. The van der Waals surface area contributed by atoms with Gasteiger partial charge < -0.3 is 30.4 Å². The zero-order valence-electron chi connectivity index (χ0n) is 23.8. The zero-order chi connectivity index (χ0) is 27.8. The van der Waals surface area contributed by atoms with Gasteiger partial charge in [-0.05, 0) is 72.5 Å². The minimum Gasteiger partial charge on any atom is -0.490 e. The molecule has 38 heavy (non-hydrogen) atoms. The van der Waals surface area contributed by atoms with Crippen molar-refractivity contribution in [3.63, 3.8) is 0 Å². The number of nitrogens with two attached hydrogens (primary N) is 1. The highest BCUT2D eigenvalue weighted by atomic mass is 19.1. The van der Waals surface area contributed by atoms with Crippen molar-refractivity contribution in [2.45, 2.75) is 65.5 Å². The third kappa shape index (κ3) is 8.63. The second-order valence-corrected chi connectivity index (χ2v) is 12.0. The average Bonchev–Trinajstić information content (AvgIpc) is 3.29. The molecule has 1 unspecified atom stereocenters. The lowest BCUT2D eigenvalue weighted by molar-refractivity contribution is -0.127. The predicted octanol–water partition coefficient (Wildman–Crippen LogP) is 3.80. The summed E-state index contributed by atoms with van der Waals surface area (Å²) in [6, 6.07) is 4.54. The van der Waals surface area contributed by atoms with Gasteiger partial charge in [-0.25, -0.2) is 4.39 Å². The highest BCUT2D eigenvalue weighted by Crippen LogP contribution is 2.50. The molecule has 4 N–H and O–H groups in total. The Morgan fingerprint density at radius 3 is 2.50 bits per heavy atom. The molecule has 0 spiro atoms. The molecule has 1 aromatic rings. The minimum atomic E-state index is -0.781. The van der Waals surface area contributed by atoms with E-state index >= 15 is 0 Å². The highest BCUT2D eigenvalue weighted by molar-refractivity contribution is 5.79. The molecule has 7 atom stereocenters. The number of nitrogens with one attached hydrogen (secondary N) is 1. The van der Waals surface area contributed by atoms with Crippen molar-refractivity contribution in [2.24, 2.45) is 47.2 Å². The summed E-state index contributed by atoms with van der Waals surface area (Å²) in [5, 5.41) is 14.1. The summed E-state index contributed by atoms with van der Waals surface area (Å²) in [7, 11) is 1.63. The van der Waals surface area contributed by atoms with Gasteiger partial charge >= 0.3 is 0 Å². The van der Waals surface area contributed by atoms with E-state index in [0.717, 1.165) is 18.8 Å². The fourth-order valence-electron chi connectivity index (χ4n) is 5.70. The van der Waals surface area contributed by atoms with Gasteiger partial charge in [-0.15, -0.1) is 0 Å². The standard InChI is InChI=1S/C30H49FN2O5/c1-18(2)21(11-20-7-8-26(31)29(12-20)38-10-6-9-36-5)13-27(32)28(34)14-22(19(3)4)30(35)33-15-23-24-16-37-17-25(23)24/h7-8,12,18-19,21-25,27-28,34H,6,9-11,13-17,32H2,1-5H3,(H,33,35)/t21-,22-,23?,24-,25+,27-,28-/m0/s1. The van der Waals surface area contributed by atoms with Crippen LogP contribution in [0.1, 0.15) is 52.5 Å². The van der Waals surface area contributed by atoms with Crippen molar-refractivity contribution in [1.82, 2.24) is 5.32 Å². The maximum Gasteiger partial charge on any atom is 0.223 e. The van der Waals surface area contributed by atoms with Crippen molar-refractivity contribution < 1.29 is 28.5 Å². The Morgan fingerprint density at radius 1 is 1.16 bits per heavy atom. The Kier molecular flexibility index (Phi) is 11.8. The van der Waals surface area contributed by atoms with Gasteiger partial charge in [0.15, 0.2) is 11.6 Å². The number of hydrogen-bond acceptors (Lipinski definition) is 6. The fraction of sp³-hybridized carbons (Fsp3) is 0.767. The molecule has 1 heterocycles. The number of halogens is 1. The Labute approximate surface area is 228 Å². The molecule has 2 fully saturated rings. The quantitative estimate of drug-likeness (QED) is 0.262. The molecule has 7 nitrogen and oxygen atoms in total. The number of amides is 1. The molecular formula is C30H49FN2O5. The molecule has 1 saturated heterocycles. The van der Waals surface area contributed by atoms with Crippen LogP contribution in [0.3, 0.4) is 0 Å². The van der Waals surface area contributed by atoms with E-state index in [1.54, 1.807) is 19.2 Å². The number of aliphatic hydroxyl groups excluding tert-OH is 1. The minimum absolute atomic E-state index is 0.00175. The SMILES string of the molecule is COCCCOc1cc(C[C@@H](C[C@H](N)[C@@H](O)C[C@H](C(=O)NCC2[C@H]3COC[C@@H]23)C(C)C)C(C)C)ccc1F. The second-order valence-electron chi connectivity index (χ2n) is 12.0. The number of methoxy groups -OCH3 is 1. The smallest absolute Gasteiger partial charge is 0.223 e. The number of aliphatic hydroxyl groups is 1. The second kappa shape index (κ2) is 14.6. The normalized spacial score (nSPS) is 23.7. The first-order valence-corrected chi connectivity index (χ1v) is 14.3. The van der Waals surface area contributed by atoms with Crippen LogP contribution >= 0.6 is 0 Å². The Morgan fingerprint density at radius 2 is 1.87 bits per heavy atom. The molecule has 8 heteroatoms. The number of benzene rings is 1. The maximum atomic E-state index is 14.3. The lowest BCUT2D eigenvalue weighted by Crippen LogP contribution is -2.43. The summed E-state index contributed by atoms with van der Waals surface area (Å²) >= 11 is 0. The van der Waals surface area contributed by atoms with Crippen LogP contribution < -0.4 is 15.8 Å². The van der Waals surface area contributed by atoms with E-state index in [0.29, 0.717) is 69.1 Å². The van der Waals surface area contributed by atoms with Gasteiger partial charge in [0.2, 0.25) is 5.91 Å². The molecule has 1 aromatic carbocycles. The van der Waals surface area contributed by atoms with E-state index in [4.69, 9.17) is 19.9 Å². The summed E-state index contributed by atoms with van der Waals surface area (Å²) in [4.78, 5) is 13.0. The van der Waals surface area contributed by atoms with Crippen LogP contribution in [0, 0.1) is 47.2 Å². The summed E-state index contributed by atoms with van der Waals surface area (Å²) in [5.41, 5.74) is 7.48. The maximum absolute atomic E-state index is 14.3. The largest absolute Gasteiger partial charge is 0.490 e. The van der Waals surface area contributed by atoms with Gasteiger partial charge in [-0.2, -0.15) is 0 Å². The van der Waals surface area contributed by atoms with Crippen molar-refractivity contribution in [3.05, 3.63) is 29.6 Å². The van der Waals surface area contributed by atoms with E-state index < -0.39 is 12.1 Å². The topological polar surface area (TPSA) is 103 Å². The highest BCUT2D eigenvalue weighted by Gasteiger charge is 2.53. The number of ether oxygens (including phenoxy) is 3. The van der Waals surface area contributed by atoms with Gasteiger partial charge in [0.05, 0.1) is 25.9 Å². The first-order chi connectivity index (χ1) is 18.1. The number of hydrogen-bond donors (Lipinski definition) is 3. The average molecular weight is 537 g/mol. The summed E-state index contributed by atoms with van der Waals surface area (Å²) in [6.07, 6.45) is 1.56. The van der Waals surface area contributed by atoms with E-state index in [9.17, 15) is 14.3 Å². The molecule has 0 aromatic heterocycles. The third-order valence-corrected chi connectivity index (χ3v) is 8.53. The monoisotopic (exact) mass is 536 g/mol. The Balaban J connectivity index is 1.52. The van der Waals surface area contributed by atoms with Crippen LogP contribution in [-0.2, 0) is 20.7 Å². The van der Waals surface area contributed by atoms with E-state index in [1.165, 1.54) is 6.07 Å². The van der Waals surface area contributed by atoms with Gasteiger partial charge in [0.1, 0.15) is 0 Å². The molecule has 1 amide bonds. The molecule has 0 bridgehead atoms. The van der Waals surface area contributed by atoms with Crippen molar-refractivity contribution in [1.29, 1.82) is 0 Å². The molecule has 3 rings (SSSR count). The Bertz CT molecular complexity index is 872. The van der Waals surface area contributed by atoms with E-state index in [1.807, 2.05) is 13.8 Å². The molecule has 1 aliphatic heterocycles. The van der Waals surface area contributed by atoms with Crippen LogP contribution in [-0.4, -0.2) is 63.2 Å². The van der Waals surface area contributed by atoms with E-state index in [2.05, 4.69) is 19.2 Å². The summed E-state index contributed by atoms with van der Waals surface area (Å²) in [6.45, 7) is 11.6. The Hall–Kier alpha value is -1.74. The van der Waals surface area contributed by atoms with Crippen molar-refractivity contribution >= 4 is 5.91 Å². The third-order valence-electron chi connectivity index (χ3n) is 8.53. The van der Waals surface area contributed by atoms with Crippen molar-refractivity contribution in [2.75, 3.05) is 40.1 Å². The number of carbonyl (C=O) groups excluding carboxylic acids is 1. The predicted molar refractivity (Wildman–Crippen MR) is 146 cm³/mol. The van der Waals surface area contributed by atoms with Crippen LogP contribution in [0.25, 0.3) is 0 Å². The van der Waals surface area contributed by atoms with Gasteiger partial charge in [0.25, 0.3) is 0 Å². The van der Waals surface area contributed by atoms with Crippen LogP contribution in [0.15, 0.2) is 18.2 Å². The molecule has 2 aliphatic rings. The van der Waals surface area contributed by atoms with Crippen LogP contribution in [0.4, 0.5) is 4.39 Å². The fourth-order valence-corrected chi connectivity index (χ4v) is 5.70. The molecule has 1 saturated carbocycles. The van der Waals surface area contributed by atoms with Gasteiger partial charge in [-0.1, -0.05) is 33.8 Å². The number of fused-ring (bicyclic) bond motifs is 1. The summed E-state index contributed by atoms with van der Waals surface area (Å²) in [5.74, 6) is 1.90. The number of carbonyl (C=O) groups is 1. The first kappa shape index (κ1) is 30.8. The number of rotatable bonds is 17. The molecular weight excluding hydrogens is 487 g/mol. The first-order valence-electron chi connectivity index (χ1n) is 14.3. The molecule has 0 radical (unpaired) electrons. The molecule has 1 aliphatic carbocycles. The lowest BCUT2D eigenvalue weighted by Gasteiger charge is -2.30. The lowest BCUT2D eigenvalue weighted by atomic mass is 9.81. The van der Waals surface area contributed by atoms with Gasteiger partial charge in [0, 0.05) is 38.6 Å². The zero-order valence-corrected chi connectivity index (χ0v) is 23.8. The van der Waals surface area contributed by atoms with Crippen LogP contribution in [0.2, 0.25) is 0 Å². The van der Waals surface area contributed by atoms with Crippen molar-refractivity contribution in [3.8, 4) is 5.75 Å². The van der Waals surface area contributed by atoms with Gasteiger partial charge in [-0.3, -0.25) is 4.79 Å². The van der Waals surface area contributed by atoms with Crippen LogP contribution in [0.5, 0.6) is 5.75 Å².